The number of amides is 2. The van der Waals surface area contributed by atoms with Gasteiger partial charge in [-0.25, -0.2) is 4.79 Å². The summed E-state index contributed by atoms with van der Waals surface area (Å²) in [7, 11) is 1.78. The number of urea groups is 1. The molecular formula is C16H30N2O3. The predicted molar refractivity (Wildman–Crippen MR) is 83.2 cm³/mol. The van der Waals surface area contributed by atoms with E-state index in [0.717, 1.165) is 25.7 Å². The van der Waals surface area contributed by atoms with Crippen LogP contribution in [0.15, 0.2) is 0 Å². The minimum atomic E-state index is -0.797. The van der Waals surface area contributed by atoms with Crippen LogP contribution in [-0.2, 0) is 4.79 Å². The molecule has 1 rings (SSSR count). The molecular weight excluding hydrogens is 268 g/mol. The van der Waals surface area contributed by atoms with E-state index < -0.39 is 11.9 Å². The molecule has 3 atom stereocenters. The van der Waals surface area contributed by atoms with Gasteiger partial charge in [-0.15, -0.1) is 0 Å². The summed E-state index contributed by atoms with van der Waals surface area (Å²) in [6.45, 7) is 8.29. The number of nitrogens with one attached hydrogen (secondary N) is 1. The quantitative estimate of drug-likeness (QED) is 0.787. The van der Waals surface area contributed by atoms with Crippen molar-refractivity contribution in [1.82, 2.24) is 10.2 Å². The van der Waals surface area contributed by atoms with E-state index in [1.807, 2.05) is 6.92 Å². The third-order valence-electron chi connectivity index (χ3n) is 4.80. The van der Waals surface area contributed by atoms with Gasteiger partial charge in [-0.05, 0) is 25.2 Å². The van der Waals surface area contributed by atoms with E-state index in [1.54, 1.807) is 11.9 Å². The zero-order valence-electron chi connectivity index (χ0n) is 14.0. The Morgan fingerprint density at radius 1 is 1.19 bits per heavy atom. The largest absolute Gasteiger partial charge is 0.481 e. The monoisotopic (exact) mass is 298 g/mol. The molecule has 5 heteroatoms. The van der Waals surface area contributed by atoms with Crippen molar-refractivity contribution in [3.05, 3.63) is 0 Å². The second-order valence-electron chi connectivity index (χ2n) is 7.29. The molecule has 2 N–H and O–H groups in total. The molecule has 0 aliphatic heterocycles. The molecule has 0 saturated heterocycles. The first-order chi connectivity index (χ1) is 9.64. The van der Waals surface area contributed by atoms with E-state index in [2.05, 4.69) is 26.1 Å². The highest BCUT2D eigenvalue weighted by atomic mass is 16.4. The standard InChI is InChI=1S/C16H30N2O3/c1-11(16(2,3)4)18(5)15(21)17-13-10-8-6-7-9-12(13)14(19)20/h11-13H,6-10H2,1-5H3,(H,17,21)(H,19,20). The maximum absolute atomic E-state index is 12.4. The minimum Gasteiger partial charge on any atom is -0.481 e. The molecule has 0 aromatic heterocycles. The zero-order valence-corrected chi connectivity index (χ0v) is 14.0. The molecule has 2 amide bonds. The van der Waals surface area contributed by atoms with Crippen LogP contribution >= 0.6 is 0 Å². The molecule has 0 heterocycles. The number of rotatable bonds is 3. The number of hydrogen-bond acceptors (Lipinski definition) is 2. The summed E-state index contributed by atoms with van der Waals surface area (Å²) in [4.78, 5) is 25.5. The van der Waals surface area contributed by atoms with Crippen LogP contribution in [0.2, 0.25) is 0 Å². The Morgan fingerprint density at radius 3 is 2.29 bits per heavy atom. The van der Waals surface area contributed by atoms with Crippen LogP contribution in [0.3, 0.4) is 0 Å². The summed E-state index contributed by atoms with van der Waals surface area (Å²) in [5.74, 6) is -1.26. The summed E-state index contributed by atoms with van der Waals surface area (Å²) < 4.78 is 0. The molecule has 122 valence electrons. The summed E-state index contributed by atoms with van der Waals surface area (Å²) in [5, 5.41) is 12.3. The summed E-state index contributed by atoms with van der Waals surface area (Å²) in [5.41, 5.74) is -0.0122. The number of aliphatic carboxylic acids is 1. The molecule has 0 aromatic rings. The highest BCUT2D eigenvalue weighted by Crippen LogP contribution is 2.26. The number of hydrogen-bond donors (Lipinski definition) is 2. The van der Waals surface area contributed by atoms with Gasteiger partial charge >= 0.3 is 12.0 Å². The van der Waals surface area contributed by atoms with E-state index in [4.69, 9.17) is 0 Å². The number of carboxylic acids is 1. The van der Waals surface area contributed by atoms with Crippen molar-refractivity contribution in [3.63, 3.8) is 0 Å². The zero-order chi connectivity index (χ0) is 16.2. The third kappa shape index (κ3) is 4.90. The molecule has 1 aliphatic rings. The van der Waals surface area contributed by atoms with Crippen LogP contribution in [0.1, 0.15) is 59.8 Å². The molecule has 1 saturated carbocycles. The van der Waals surface area contributed by atoms with Gasteiger partial charge in [0.05, 0.1) is 5.92 Å². The van der Waals surface area contributed by atoms with Gasteiger partial charge < -0.3 is 15.3 Å². The lowest BCUT2D eigenvalue weighted by molar-refractivity contribution is -0.142. The molecule has 5 nitrogen and oxygen atoms in total. The van der Waals surface area contributed by atoms with Crippen LogP contribution in [0.4, 0.5) is 4.79 Å². The predicted octanol–water partition coefficient (Wildman–Crippen LogP) is 3.10. The molecule has 1 aliphatic carbocycles. The van der Waals surface area contributed by atoms with Crippen molar-refractivity contribution >= 4 is 12.0 Å². The van der Waals surface area contributed by atoms with Gasteiger partial charge in [0.2, 0.25) is 0 Å². The van der Waals surface area contributed by atoms with Gasteiger partial charge in [-0.3, -0.25) is 4.79 Å². The van der Waals surface area contributed by atoms with Gasteiger partial charge in [0.1, 0.15) is 0 Å². The van der Waals surface area contributed by atoms with Crippen LogP contribution in [0, 0.1) is 11.3 Å². The van der Waals surface area contributed by atoms with Gasteiger partial charge in [0, 0.05) is 19.1 Å². The average Bonchev–Trinajstić information content (AvgIpc) is 2.61. The van der Waals surface area contributed by atoms with E-state index in [0.29, 0.717) is 6.42 Å². The topological polar surface area (TPSA) is 69.6 Å². The Balaban J connectivity index is 2.72. The van der Waals surface area contributed by atoms with Gasteiger partial charge in [0.15, 0.2) is 0 Å². The van der Waals surface area contributed by atoms with Crippen molar-refractivity contribution in [2.45, 2.75) is 71.9 Å². The third-order valence-corrected chi connectivity index (χ3v) is 4.80. The first kappa shape index (κ1) is 17.8. The summed E-state index contributed by atoms with van der Waals surface area (Å²) >= 11 is 0. The summed E-state index contributed by atoms with van der Waals surface area (Å²) in [6.07, 6.45) is 4.36. The van der Waals surface area contributed by atoms with E-state index in [1.165, 1.54) is 0 Å². The molecule has 0 bridgehead atoms. The first-order valence-corrected chi connectivity index (χ1v) is 7.90. The molecule has 0 spiro atoms. The van der Waals surface area contributed by atoms with Crippen LogP contribution in [-0.4, -0.2) is 41.1 Å². The number of carbonyl (C=O) groups is 2. The fourth-order valence-corrected chi connectivity index (χ4v) is 2.79. The average molecular weight is 298 g/mol. The van der Waals surface area contributed by atoms with E-state index >= 15 is 0 Å². The molecule has 3 unspecified atom stereocenters. The number of carbonyl (C=O) groups excluding carboxylic acids is 1. The van der Waals surface area contributed by atoms with Crippen molar-refractivity contribution in [2.75, 3.05) is 7.05 Å². The highest BCUT2D eigenvalue weighted by Gasteiger charge is 2.33. The fourth-order valence-electron chi connectivity index (χ4n) is 2.79. The second kappa shape index (κ2) is 7.14. The molecule has 21 heavy (non-hydrogen) atoms. The molecule has 0 radical (unpaired) electrons. The Labute approximate surface area is 128 Å². The SMILES string of the molecule is CC(N(C)C(=O)NC1CCCCCC1C(=O)O)C(C)(C)C. The van der Waals surface area contributed by atoms with Crippen molar-refractivity contribution in [3.8, 4) is 0 Å². The number of carboxylic acid groups (broad SMARTS) is 1. The van der Waals surface area contributed by atoms with Crippen LogP contribution in [0.5, 0.6) is 0 Å². The molecule has 1 fully saturated rings. The van der Waals surface area contributed by atoms with E-state index in [-0.39, 0.29) is 23.5 Å². The Kier molecular flexibility index (Phi) is 6.05. The smallest absolute Gasteiger partial charge is 0.317 e. The van der Waals surface area contributed by atoms with Gasteiger partial charge in [0.25, 0.3) is 0 Å². The normalized spacial score (nSPS) is 24.8. The van der Waals surface area contributed by atoms with Crippen molar-refractivity contribution in [2.24, 2.45) is 11.3 Å². The Hall–Kier alpha value is -1.26. The first-order valence-electron chi connectivity index (χ1n) is 7.90. The molecule has 0 aromatic carbocycles. The van der Waals surface area contributed by atoms with Crippen molar-refractivity contribution in [1.29, 1.82) is 0 Å². The maximum atomic E-state index is 12.4. The second-order valence-corrected chi connectivity index (χ2v) is 7.29. The maximum Gasteiger partial charge on any atom is 0.317 e. The Morgan fingerprint density at radius 2 is 1.76 bits per heavy atom. The van der Waals surface area contributed by atoms with E-state index in [9.17, 15) is 14.7 Å². The minimum absolute atomic E-state index is 0.0122. The summed E-state index contributed by atoms with van der Waals surface area (Å²) in [6, 6.07) is -0.353. The van der Waals surface area contributed by atoms with Crippen LogP contribution in [0.25, 0.3) is 0 Å². The fraction of sp³-hybridized carbons (Fsp3) is 0.875. The van der Waals surface area contributed by atoms with Crippen LogP contribution < -0.4 is 5.32 Å². The van der Waals surface area contributed by atoms with Gasteiger partial charge in [-0.1, -0.05) is 40.0 Å². The number of nitrogens with zero attached hydrogens (tertiary/aromatic N) is 1. The lowest BCUT2D eigenvalue weighted by Gasteiger charge is -2.36. The Bertz CT molecular complexity index is 376. The lowest BCUT2D eigenvalue weighted by Crippen LogP contribution is -2.52. The van der Waals surface area contributed by atoms with Gasteiger partial charge in [-0.2, -0.15) is 0 Å². The van der Waals surface area contributed by atoms with Crippen molar-refractivity contribution < 1.29 is 14.7 Å². The highest BCUT2D eigenvalue weighted by molar-refractivity contribution is 5.77. The lowest BCUT2D eigenvalue weighted by atomic mass is 9.87.